The van der Waals surface area contributed by atoms with Crippen molar-refractivity contribution >= 4 is 38.0 Å². The molecule has 0 aliphatic heterocycles. The summed E-state index contributed by atoms with van der Waals surface area (Å²) in [7, 11) is 0. The second-order valence-corrected chi connectivity index (χ2v) is 4.28. The Kier molecular flexibility index (Phi) is 2.44. The van der Waals surface area contributed by atoms with Crippen LogP contribution in [0.15, 0.2) is 45.6 Å². The molecule has 2 aromatic heterocycles. The molecule has 4 heteroatoms. The molecule has 1 aromatic carbocycles. The van der Waals surface area contributed by atoms with Gasteiger partial charge in [-0.1, -0.05) is 28.1 Å². The lowest BCUT2D eigenvalue weighted by Crippen LogP contribution is -2.03. The number of rotatable bonds is 1. The number of benzene rings is 1. The minimum absolute atomic E-state index is 0.0320. The van der Waals surface area contributed by atoms with Crippen LogP contribution >= 0.6 is 15.9 Å². The first-order valence-electron chi connectivity index (χ1n) is 5.17. The van der Waals surface area contributed by atoms with Gasteiger partial charge in [0.05, 0.1) is 16.5 Å². The molecule has 0 saturated carbocycles. The zero-order valence-corrected chi connectivity index (χ0v) is 10.4. The van der Waals surface area contributed by atoms with Crippen LogP contribution < -0.4 is 5.43 Å². The van der Waals surface area contributed by atoms with E-state index in [-0.39, 0.29) is 5.43 Å². The molecule has 0 aliphatic rings. The van der Waals surface area contributed by atoms with Crippen molar-refractivity contribution < 1.29 is 4.42 Å². The Morgan fingerprint density at radius 2 is 1.94 bits per heavy atom. The summed E-state index contributed by atoms with van der Waals surface area (Å²) >= 11 is 3.33. The van der Waals surface area contributed by atoms with Gasteiger partial charge in [0.2, 0.25) is 11.1 Å². The van der Waals surface area contributed by atoms with Crippen molar-refractivity contribution in [3.63, 3.8) is 0 Å². The quantitative estimate of drug-likeness (QED) is 0.510. The molecule has 0 spiro atoms. The third-order valence-corrected chi connectivity index (χ3v) is 3.21. The third kappa shape index (κ3) is 1.65. The van der Waals surface area contributed by atoms with Gasteiger partial charge in [-0.15, -0.1) is 0 Å². The monoisotopic (exact) mass is 289 g/mol. The third-order valence-electron chi connectivity index (χ3n) is 2.64. The van der Waals surface area contributed by atoms with Gasteiger partial charge < -0.3 is 4.42 Å². The molecule has 0 bridgehead atoms. The number of hydrogen-bond acceptors (Lipinski definition) is 3. The molecule has 0 amide bonds. The topological polar surface area (TPSA) is 43.1 Å². The fourth-order valence-corrected chi connectivity index (χ4v) is 2.11. The van der Waals surface area contributed by atoms with Gasteiger partial charge in [0.15, 0.2) is 0 Å². The zero-order chi connectivity index (χ0) is 11.8. The predicted molar refractivity (Wildman–Crippen MR) is 70.4 cm³/mol. The maximum absolute atomic E-state index is 12.2. The van der Waals surface area contributed by atoms with Gasteiger partial charge in [-0.25, -0.2) is 4.98 Å². The molecule has 0 fully saturated rings. The molecule has 17 heavy (non-hydrogen) atoms. The van der Waals surface area contributed by atoms with Gasteiger partial charge >= 0.3 is 0 Å². The molecule has 0 aliphatic carbocycles. The summed E-state index contributed by atoms with van der Waals surface area (Å²) in [6.07, 6.45) is 0. The molecular weight excluding hydrogens is 282 g/mol. The lowest BCUT2D eigenvalue weighted by atomic mass is 10.2. The SMILES string of the molecule is O=c1c2ccccc2oc2nc(CBr)ccc12. The highest BCUT2D eigenvalue weighted by Crippen LogP contribution is 2.17. The average molecular weight is 290 g/mol. The molecule has 84 valence electrons. The number of para-hydroxylation sites is 1. The number of nitrogens with zero attached hydrogens (tertiary/aromatic N) is 1. The normalized spacial score (nSPS) is 11.1. The lowest BCUT2D eigenvalue weighted by Gasteiger charge is -2.01. The first-order valence-corrected chi connectivity index (χ1v) is 6.29. The first-order chi connectivity index (χ1) is 8.29. The van der Waals surface area contributed by atoms with Crippen LogP contribution in [0.1, 0.15) is 5.69 Å². The summed E-state index contributed by atoms with van der Waals surface area (Å²) < 4.78 is 5.64. The minimum Gasteiger partial charge on any atom is -0.437 e. The second kappa shape index (κ2) is 3.96. The van der Waals surface area contributed by atoms with Crippen LogP contribution in [-0.2, 0) is 5.33 Å². The van der Waals surface area contributed by atoms with Crippen LogP contribution in [0.25, 0.3) is 22.1 Å². The molecule has 0 atom stereocenters. The van der Waals surface area contributed by atoms with Crippen molar-refractivity contribution in [3.8, 4) is 0 Å². The van der Waals surface area contributed by atoms with E-state index in [1.54, 1.807) is 18.2 Å². The van der Waals surface area contributed by atoms with E-state index in [4.69, 9.17) is 4.42 Å². The van der Waals surface area contributed by atoms with Crippen molar-refractivity contribution in [2.24, 2.45) is 0 Å². The largest absolute Gasteiger partial charge is 0.437 e. The lowest BCUT2D eigenvalue weighted by molar-refractivity contribution is 0.643. The van der Waals surface area contributed by atoms with Crippen LogP contribution in [0.5, 0.6) is 0 Å². The summed E-state index contributed by atoms with van der Waals surface area (Å²) in [6.45, 7) is 0. The molecule has 0 radical (unpaired) electrons. The number of fused-ring (bicyclic) bond motifs is 2. The Hall–Kier alpha value is -1.68. The zero-order valence-electron chi connectivity index (χ0n) is 8.81. The molecule has 3 aromatic rings. The van der Waals surface area contributed by atoms with Crippen molar-refractivity contribution in [2.75, 3.05) is 0 Å². The molecule has 0 saturated heterocycles. The molecule has 0 unspecified atom stereocenters. The summed E-state index contributed by atoms with van der Waals surface area (Å²) in [4.78, 5) is 16.5. The van der Waals surface area contributed by atoms with Crippen LogP contribution in [0.3, 0.4) is 0 Å². The van der Waals surface area contributed by atoms with E-state index in [0.717, 1.165) is 5.69 Å². The van der Waals surface area contributed by atoms with Crippen molar-refractivity contribution in [3.05, 3.63) is 52.3 Å². The fourth-order valence-electron chi connectivity index (χ4n) is 1.80. The molecular formula is C13H8BrNO2. The fraction of sp³-hybridized carbons (Fsp3) is 0.0769. The standard InChI is InChI=1S/C13H8BrNO2/c14-7-8-5-6-10-12(16)9-3-1-2-4-11(9)17-13(10)15-8/h1-6H,7H2. The van der Waals surface area contributed by atoms with Crippen LogP contribution in [0.4, 0.5) is 0 Å². The maximum atomic E-state index is 12.2. The van der Waals surface area contributed by atoms with E-state index in [9.17, 15) is 4.79 Å². The highest BCUT2D eigenvalue weighted by molar-refractivity contribution is 9.08. The van der Waals surface area contributed by atoms with E-state index >= 15 is 0 Å². The van der Waals surface area contributed by atoms with E-state index in [1.807, 2.05) is 18.2 Å². The number of hydrogen-bond donors (Lipinski definition) is 0. The highest BCUT2D eigenvalue weighted by atomic mass is 79.9. The number of aromatic nitrogens is 1. The Morgan fingerprint density at radius 3 is 2.76 bits per heavy atom. The molecule has 3 nitrogen and oxygen atoms in total. The summed E-state index contributed by atoms with van der Waals surface area (Å²) in [5.74, 6) is 0. The van der Waals surface area contributed by atoms with Crippen molar-refractivity contribution in [1.82, 2.24) is 4.98 Å². The second-order valence-electron chi connectivity index (χ2n) is 3.72. The van der Waals surface area contributed by atoms with E-state index in [2.05, 4.69) is 20.9 Å². The van der Waals surface area contributed by atoms with Gasteiger partial charge in [-0.2, -0.15) is 0 Å². The average Bonchev–Trinajstić information content (AvgIpc) is 2.38. The van der Waals surface area contributed by atoms with E-state index in [0.29, 0.717) is 27.4 Å². The number of pyridine rings is 1. The molecule has 2 heterocycles. The van der Waals surface area contributed by atoms with Gasteiger partial charge in [-0.05, 0) is 24.3 Å². The predicted octanol–water partition coefficient (Wildman–Crippen LogP) is 3.24. The van der Waals surface area contributed by atoms with Gasteiger partial charge in [0.25, 0.3) is 0 Å². The van der Waals surface area contributed by atoms with Crippen LogP contribution in [-0.4, -0.2) is 4.98 Å². The number of alkyl halides is 1. The van der Waals surface area contributed by atoms with Crippen LogP contribution in [0.2, 0.25) is 0 Å². The Balaban J connectivity index is 2.50. The van der Waals surface area contributed by atoms with Crippen molar-refractivity contribution in [1.29, 1.82) is 0 Å². The van der Waals surface area contributed by atoms with Crippen molar-refractivity contribution in [2.45, 2.75) is 5.33 Å². The van der Waals surface area contributed by atoms with E-state index < -0.39 is 0 Å². The molecule has 3 rings (SSSR count). The number of halogens is 1. The van der Waals surface area contributed by atoms with E-state index in [1.165, 1.54) is 0 Å². The Bertz CT molecular complexity index is 764. The Morgan fingerprint density at radius 1 is 1.12 bits per heavy atom. The molecule has 0 N–H and O–H groups in total. The summed E-state index contributed by atoms with van der Waals surface area (Å²) in [5, 5.41) is 1.75. The van der Waals surface area contributed by atoms with Gasteiger partial charge in [0, 0.05) is 5.33 Å². The smallest absolute Gasteiger partial charge is 0.230 e. The van der Waals surface area contributed by atoms with Gasteiger partial charge in [-0.3, -0.25) is 4.79 Å². The summed E-state index contributed by atoms with van der Waals surface area (Å²) in [5.41, 5.74) is 1.78. The maximum Gasteiger partial charge on any atom is 0.230 e. The summed E-state index contributed by atoms with van der Waals surface area (Å²) in [6, 6.07) is 10.8. The minimum atomic E-state index is -0.0320. The van der Waals surface area contributed by atoms with Gasteiger partial charge in [0.1, 0.15) is 5.58 Å². The van der Waals surface area contributed by atoms with Crippen LogP contribution in [0, 0.1) is 0 Å². The highest BCUT2D eigenvalue weighted by Gasteiger charge is 2.08. The first kappa shape index (κ1) is 10.5. The Labute approximate surface area is 105 Å².